The number of carbonyl (C=O) groups is 1. The molecule has 158 valence electrons. The van der Waals surface area contributed by atoms with Gasteiger partial charge in [-0.25, -0.2) is 18.4 Å². The number of nitro benzene ring substituents is 1. The van der Waals surface area contributed by atoms with Crippen molar-refractivity contribution in [1.82, 2.24) is 9.97 Å². The van der Waals surface area contributed by atoms with Crippen molar-refractivity contribution in [3.05, 3.63) is 68.7 Å². The highest BCUT2D eigenvalue weighted by Crippen LogP contribution is 2.33. The van der Waals surface area contributed by atoms with Crippen LogP contribution in [-0.4, -0.2) is 29.2 Å². The number of hydrogen-bond acceptors (Lipinski definition) is 10. The fourth-order valence-electron chi connectivity index (χ4n) is 2.57. The number of benzene rings is 1. The number of amides is 1. The Hall–Kier alpha value is -3.00. The first-order valence-corrected chi connectivity index (χ1v) is 12.5. The molecule has 3 aromatic heterocycles. The summed E-state index contributed by atoms with van der Waals surface area (Å²) >= 11 is 3.57. The van der Waals surface area contributed by atoms with Crippen LogP contribution in [0.1, 0.15) is 15.4 Å². The summed E-state index contributed by atoms with van der Waals surface area (Å²) in [6.45, 7) is 1.73. The molecule has 0 bridgehead atoms. The van der Waals surface area contributed by atoms with Crippen molar-refractivity contribution < 1.29 is 18.1 Å². The number of nitrogens with one attached hydrogen (secondary N) is 1. The second-order valence-corrected chi connectivity index (χ2v) is 11.3. The monoisotopic (exact) mass is 492 g/mol. The molecule has 0 saturated heterocycles. The van der Waals surface area contributed by atoms with Gasteiger partial charge in [-0.1, -0.05) is 17.4 Å². The van der Waals surface area contributed by atoms with Crippen molar-refractivity contribution in [1.29, 1.82) is 0 Å². The van der Waals surface area contributed by atoms with Gasteiger partial charge in [-0.15, -0.1) is 22.7 Å². The Labute approximate surface area is 188 Å². The van der Waals surface area contributed by atoms with Crippen LogP contribution in [0.5, 0.6) is 0 Å². The molecule has 0 radical (unpaired) electrons. The molecule has 31 heavy (non-hydrogen) atoms. The Morgan fingerprint density at radius 1 is 1.16 bits per heavy atom. The molecule has 13 heteroatoms. The summed E-state index contributed by atoms with van der Waals surface area (Å²) < 4.78 is 25.4. The number of nitrogens with zero attached hydrogens (tertiary/aromatic N) is 3. The van der Waals surface area contributed by atoms with Gasteiger partial charge in [-0.2, -0.15) is 0 Å². The maximum atomic E-state index is 12.8. The van der Waals surface area contributed by atoms with Crippen LogP contribution < -0.4 is 5.32 Å². The van der Waals surface area contributed by atoms with Crippen LogP contribution in [0.15, 0.2) is 57.1 Å². The highest BCUT2D eigenvalue weighted by molar-refractivity contribution is 7.93. The number of aryl methyl sites for hydroxylation is 1. The van der Waals surface area contributed by atoms with E-state index in [4.69, 9.17) is 0 Å². The Balaban J connectivity index is 1.54. The minimum atomic E-state index is -3.92. The molecular formula is C18H12N4O5S4. The van der Waals surface area contributed by atoms with Crippen molar-refractivity contribution in [3.63, 3.8) is 0 Å². The normalized spacial score (nSPS) is 11.4. The van der Waals surface area contributed by atoms with Crippen molar-refractivity contribution in [3.8, 4) is 9.88 Å². The highest BCUT2D eigenvalue weighted by Gasteiger charge is 2.23. The summed E-state index contributed by atoms with van der Waals surface area (Å²) in [4.78, 5) is 32.5. The molecular weight excluding hydrogens is 480 g/mol. The Morgan fingerprint density at radius 2 is 1.90 bits per heavy atom. The third-order valence-corrected chi connectivity index (χ3v) is 9.40. The number of aromatic nitrogens is 2. The third kappa shape index (κ3) is 4.25. The Bertz CT molecular complexity index is 1370. The molecule has 0 aliphatic carbocycles. The lowest BCUT2D eigenvalue weighted by molar-refractivity contribution is -0.384. The molecule has 1 amide bonds. The van der Waals surface area contributed by atoms with Crippen LogP contribution in [0.4, 0.5) is 10.8 Å². The molecule has 9 nitrogen and oxygen atoms in total. The zero-order valence-corrected chi connectivity index (χ0v) is 18.9. The van der Waals surface area contributed by atoms with Gasteiger partial charge in [0.25, 0.3) is 11.6 Å². The smallest absolute Gasteiger partial charge is 0.269 e. The zero-order valence-electron chi connectivity index (χ0n) is 15.6. The SMILES string of the molecule is Cc1nc(-c2cccs2)sc1C(=O)Nc1ncc(S(=O)(=O)c2ccc([N+](=O)[O-])cc2)s1. The largest absolute Gasteiger partial charge is 0.297 e. The summed E-state index contributed by atoms with van der Waals surface area (Å²) in [5, 5.41) is 16.1. The van der Waals surface area contributed by atoms with Crippen molar-refractivity contribution >= 4 is 60.6 Å². The predicted molar refractivity (Wildman–Crippen MR) is 119 cm³/mol. The van der Waals surface area contributed by atoms with Crippen molar-refractivity contribution in [2.24, 2.45) is 0 Å². The van der Waals surface area contributed by atoms with Gasteiger partial charge < -0.3 is 0 Å². The van der Waals surface area contributed by atoms with E-state index in [2.05, 4.69) is 15.3 Å². The van der Waals surface area contributed by atoms with Gasteiger partial charge in [-0.3, -0.25) is 20.2 Å². The van der Waals surface area contributed by atoms with E-state index >= 15 is 0 Å². The number of nitro groups is 1. The molecule has 0 aliphatic rings. The average molecular weight is 493 g/mol. The van der Waals surface area contributed by atoms with Crippen LogP contribution in [0.25, 0.3) is 9.88 Å². The number of thiophene rings is 1. The summed E-state index contributed by atoms with van der Waals surface area (Å²) in [6.07, 6.45) is 1.15. The van der Waals surface area contributed by atoms with Gasteiger partial charge in [0.05, 0.1) is 26.6 Å². The summed E-state index contributed by atoms with van der Waals surface area (Å²) in [5.41, 5.74) is 0.360. The second-order valence-electron chi connectivity index (χ2n) is 6.10. The number of anilines is 1. The minimum Gasteiger partial charge on any atom is -0.297 e. The maximum Gasteiger partial charge on any atom is 0.269 e. The number of rotatable bonds is 6. The van der Waals surface area contributed by atoms with E-state index in [1.807, 2.05) is 17.5 Å². The van der Waals surface area contributed by atoms with Gasteiger partial charge >= 0.3 is 0 Å². The Morgan fingerprint density at radius 3 is 2.55 bits per heavy atom. The van der Waals surface area contributed by atoms with Gasteiger partial charge in [0.1, 0.15) is 14.1 Å². The number of sulfone groups is 1. The lowest BCUT2D eigenvalue weighted by atomic mass is 10.3. The van der Waals surface area contributed by atoms with E-state index in [1.165, 1.54) is 22.7 Å². The summed E-state index contributed by atoms with van der Waals surface area (Å²) in [5.74, 6) is -0.425. The van der Waals surface area contributed by atoms with Crippen LogP contribution in [0.3, 0.4) is 0 Å². The molecule has 0 fully saturated rings. The molecule has 0 saturated carbocycles. The van der Waals surface area contributed by atoms with Crippen LogP contribution in [-0.2, 0) is 9.84 Å². The number of hydrogen-bond donors (Lipinski definition) is 1. The minimum absolute atomic E-state index is 0.0862. The second kappa shape index (κ2) is 8.26. The number of carbonyl (C=O) groups excluding carboxylic acids is 1. The van der Waals surface area contributed by atoms with E-state index in [0.717, 1.165) is 51.7 Å². The van der Waals surface area contributed by atoms with Crippen LogP contribution in [0, 0.1) is 17.0 Å². The first-order chi connectivity index (χ1) is 14.8. The number of non-ortho nitro benzene ring substituents is 1. The Kier molecular flexibility index (Phi) is 5.66. The first kappa shape index (κ1) is 21.2. The van der Waals surface area contributed by atoms with Crippen LogP contribution >= 0.6 is 34.0 Å². The standard InChI is InChI=1S/C18H12N4O5S4/c1-10-15(30-17(20-10)13-3-2-8-28-13)16(23)21-18-19-9-14(29-18)31(26,27)12-6-4-11(5-7-12)22(24)25/h2-9H,1H3,(H,19,21,23). The molecule has 1 aromatic carbocycles. The maximum absolute atomic E-state index is 12.8. The van der Waals surface area contributed by atoms with Gasteiger partial charge in [0.15, 0.2) is 5.13 Å². The lowest BCUT2D eigenvalue weighted by Gasteiger charge is -2.01. The molecule has 1 N–H and O–H groups in total. The summed E-state index contributed by atoms with van der Waals surface area (Å²) in [7, 11) is -3.92. The zero-order chi connectivity index (χ0) is 22.2. The van der Waals surface area contributed by atoms with Crippen molar-refractivity contribution in [2.75, 3.05) is 5.32 Å². The van der Waals surface area contributed by atoms with E-state index in [0.29, 0.717) is 10.6 Å². The quantitative estimate of drug-likeness (QED) is 0.306. The van der Waals surface area contributed by atoms with Gasteiger partial charge in [-0.05, 0) is 30.5 Å². The average Bonchev–Trinajstić information content (AvgIpc) is 3.48. The first-order valence-electron chi connectivity index (χ1n) is 8.54. The molecule has 0 spiro atoms. The van der Waals surface area contributed by atoms with E-state index < -0.39 is 20.7 Å². The van der Waals surface area contributed by atoms with E-state index in [-0.39, 0.29) is 19.9 Å². The van der Waals surface area contributed by atoms with Crippen molar-refractivity contribution in [2.45, 2.75) is 16.0 Å². The van der Waals surface area contributed by atoms with E-state index in [9.17, 15) is 23.3 Å². The molecule has 3 heterocycles. The van der Waals surface area contributed by atoms with Gasteiger partial charge in [0.2, 0.25) is 9.84 Å². The van der Waals surface area contributed by atoms with Crippen LogP contribution in [0.2, 0.25) is 0 Å². The number of thiazole rings is 2. The molecule has 0 unspecified atom stereocenters. The fraction of sp³-hybridized carbons (Fsp3) is 0.0556. The van der Waals surface area contributed by atoms with E-state index in [1.54, 1.807) is 6.92 Å². The molecule has 4 rings (SSSR count). The predicted octanol–water partition coefficient (Wildman–Crippen LogP) is 4.63. The highest BCUT2D eigenvalue weighted by atomic mass is 32.2. The topological polar surface area (TPSA) is 132 Å². The van der Waals surface area contributed by atoms with Gasteiger partial charge in [0, 0.05) is 12.1 Å². The fourth-order valence-corrected chi connectivity index (χ4v) is 6.76. The lowest BCUT2D eigenvalue weighted by Crippen LogP contribution is -2.11. The third-order valence-electron chi connectivity index (χ3n) is 4.06. The summed E-state index contributed by atoms with van der Waals surface area (Å²) in [6, 6.07) is 8.39. The molecule has 4 aromatic rings. The molecule has 0 atom stereocenters. The molecule has 0 aliphatic heterocycles.